The van der Waals surface area contributed by atoms with Crippen LogP contribution in [-0.2, 0) is 20.7 Å². The first-order valence-corrected chi connectivity index (χ1v) is 5.67. The van der Waals surface area contributed by atoms with Gasteiger partial charge in [0.2, 0.25) is 0 Å². The fourth-order valence-electron chi connectivity index (χ4n) is 1.70. The lowest BCUT2D eigenvalue weighted by Gasteiger charge is -2.08. The summed E-state index contributed by atoms with van der Waals surface area (Å²) in [5, 5.41) is 3.12. The van der Waals surface area contributed by atoms with Crippen molar-refractivity contribution < 1.29 is 32.2 Å². The van der Waals surface area contributed by atoms with Crippen molar-refractivity contribution in [3.8, 4) is 5.75 Å². The van der Waals surface area contributed by atoms with Crippen molar-refractivity contribution in [3.63, 3.8) is 0 Å². The van der Waals surface area contributed by atoms with Crippen LogP contribution in [0.3, 0.4) is 0 Å². The Balaban J connectivity index is 1.86. The molecule has 2 rings (SSSR count). The zero-order chi connectivity index (χ0) is 14.8. The van der Waals surface area contributed by atoms with E-state index in [9.17, 15) is 22.8 Å². The predicted molar refractivity (Wildman–Crippen MR) is 61.3 cm³/mol. The third kappa shape index (κ3) is 3.40. The van der Waals surface area contributed by atoms with E-state index in [-0.39, 0.29) is 0 Å². The van der Waals surface area contributed by atoms with Gasteiger partial charge in [-0.2, -0.15) is 13.2 Å². The van der Waals surface area contributed by atoms with Crippen LogP contribution in [0.1, 0.15) is 5.56 Å². The summed E-state index contributed by atoms with van der Waals surface area (Å²) in [4.78, 5) is 21.4. The molecule has 0 saturated carbocycles. The molecule has 5 nitrogen and oxygen atoms in total. The van der Waals surface area contributed by atoms with Gasteiger partial charge in [-0.15, -0.1) is 0 Å². The van der Waals surface area contributed by atoms with Crippen molar-refractivity contribution in [1.82, 2.24) is 0 Å². The van der Waals surface area contributed by atoms with Gasteiger partial charge >= 0.3 is 18.1 Å². The minimum Gasteiger partial charge on any atom is -0.482 e. The number of fused-ring (bicyclic) bond motifs is 1. The van der Waals surface area contributed by atoms with Gasteiger partial charge < -0.3 is 14.8 Å². The lowest BCUT2D eigenvalue weighted by Crippen LogP contribution is -2.30. The number of rotatable bonds is 3. The van der Waals surface area contributed by atoms with Crippen molar-refractivity contribution in [1.29, 1.82) is 0 Å². The van der Waals surface area contributed by atoms with Crippen molar-refractivity contribution in [2.75, 3.05) is 18.5 Å². The second-order valence-corrected chi connectivity index (χ2v) is 4.04. The standard InChI is InChI=1S/C12H10F3NO4/c13-12(14,15)11(18)20-10(17)6-19-8-1-2-9-7(5-8)3-4-16-9/h1-2,5,16H,3-4,6H2. The van der Waals surface area contributed by atoms with E-state index in [1.807, 2.05) is 0 Å². The topological polar surface area (TPSA) is 64.6 Å². The van der Waals surface area contributed by atoms with Crippen molar-refractivity contribution in [2.24, 2.45) is 0 Å². The number of halogens is 3. The number of nitrogens with one attached hydrogen (secondary N) is 1. The predicted octanol–water partition coefficient (Wildman–Crippen LogP) is 1.67. The average Bonchev–Trinajstić information content (AvgIpc) is 2.82. The molecule has 1 N–H and O–H groups in total. The number of ether oxygens (including phenoxy) is 2. The van der Waals surface area contributed by atoms with Crippen LogP contribution in [0, 0.1) is 0 Å². The number of carbonyl (C=O) groups is 2. The molecular formula is C12H10F3NO4. The molecule has 0 spiro atoms. The van der Waals surface area contributed by atoms with Gasteiger partial charge in [0, 0.05) is 12.2 Å². The molecule has 0 amide bonds. The summed E-state index contributed by atoms with van der Waals surface area (Å²) < 4.78 is 44.1. The molecule has 0 radical (unpaired) electrons. The van der Waals surface area contributed by atoms with Gasteiger partial charge in [-0.1, -0.05) is 0 Å². The first-order chi connectivity index (χ1) is 9.36. The Morgan fingerprint density at radius 3 is 2.75 bits per heavy atom. The maximum atomic E-state index is 11.8. The number of alkyl halides is 3. The van der Waals surface area contributed by atoms with E-state index in [1.54, 1.807) is 18.2 Å². The number of benzene rings is 1. The summed E-state index contributed by atoms with van der Waals surface area (Å²) in [6.45, 7) is 0.0228. The summed E-state index contributed by atoms with van der Waals surface area (Å²) in [5.41, 5.74) is 1.94. The minimum atomic E-state index is -5.20. The first-order valence-electron chi connectivity index (χ1n) is 5.67. The molecule has 0 saturated heterocycles. The van der Waals surface area contributed by atoms with Crippen LogP contribution in [0.25, 0.3) is 0 Å². The summed E-state index contributed by atoms with van der Waals surface area (Å²) in [5.74, 6) is -3.63. The molecule has 108 valence electrons. The van der Waals surface area contributed by atoms with Crippen molar-refractivity contribution >= 4 is 17.6 Å². The first kappa shape index (κ1) is 14.2. The van der Waals surface area contributed by atoms with Gasteiger partial charge in [0.05, 0.1) is 0 Å². The molecule has 0 atom stereocenters. The van der Waals surface area contributed by atoms with Crippen LogP contribution < -0.4 is 10.1 Å². The van der Waals surface area contributed by atoms with E-state index in [4.69, 9.17) is 4.74 Å². The fraction of sp³-hybridized carbons (Fsp3) is 0.333. The van der Waals surface area contributed by atoms with Gasteiger partial charge in [0.1, 0.15) is 5.75 Å². The number of anilines is 1. The van der Waals surface area contributed by atoms with Gasteiger partial charge in [0.15, 0.2) is 6.61 Å². The van der Waals surface area contributed by atoms with Crippen molar-refractivity contribution in [3.05, 3.63) is 23.8 Å². The van der Waals surface area contributed by atoms with Crippen LogP contribution in [0.15, 0.2) is 18.2 Å². The SMILES string of the molecule is O=C(COc1ccc2c(c1)CCN2)OC(=O)C(F)(F)F. The molecular weight excluding hydrogens is 279 g/mol. The fourth-order valence-corrected chi connectivity index (χ4v) is 1.70. The van der Waals surface area contributed by atoms with Gasteiger partial charge in [-0.25, -0.2) is 9.59 Å². The molecule has 0 aliphatic carbocycles. The number of esters is 2. The third-order valence-electron chi connectivity index (χ3n) is 2.58. The smallest absolute Gasteiger partial charge is 0.482 e. The van der Waals surface area contributed by atoms with Crippen LogP contribution in [-0.4, -0.2) is 31.3 Å². The Morgan fingerprint density at radius 1 is 1.30 bits per heavy atom. The van der Waals surface area contributed by atoms with Crippen LogP contribution in [0.5, 0.6) is 5.75 Å². The Kier molecular flexibility index (Phi) is 3.82. The Hall–Kier alpha value is -2.25. The van der Waals surface area contributed by atoms with Gasteiger partial charge in [-0.3, -0.25) is 0 Å². The van der Waals surface area contributed by atoms with E-state index >= 15 is 0 Å². The van der Waals surface area contributed by atoms with E-state index in [0.29, 0.717) is 5.75 Å². The minimum absolute atomic E-state index is 0.323. The molecule has 0 unspecified atom stereocenters. The molecule has 1 aliphatic rings. The molecule has 1 aliphatic heterocycles. The molecule has 1 heterocycles. The molecule has 0 bridgehead atoms. The van der Waals surface area contributed by atoms with E-state index in [1.165, 1.54) is 0 Å². The number of hydrogen-bond donors (Lipinski definition) is 1. The molecule has 1 aromatic rings. The lowest BCUT2D eigenvalue weighted by atomic mass is 10.1. The largest absolute Gasteiger partial charge is 0.491 e. The van der Waals surface area contributed by atoms with E-state index in [2.05, 4.69) is 10.1 Å². The van der Waals surface area contributed by atoms with Crippen LogP contribution >= 0.6 is 0 Å². The Labute approximate surface area is 111 Å². The lowest BCUT2D eigenvalue weighted by molar-refractivity contribution is -0.202. The highest BCUT2D eigenvalue weighted by Gasteiger charge is 2.42. The zero-order valence-electron chi connectivity index (χ0n) is 10.1. The average molecular weight is 289 g/mol. The van der Waals surface area contributed by atoms with Crippen LogP contribution in [0.4, 0.5) is 18.9 Å². The quantitative estimate of drug-likeness (QED) is 0.677. The summed E-state index contributed by atoms with van der Waals surface area (Å²) in [7, 11) is 0. The molecule has 8 heteroatoms. The van der Waals surface area contributed by atoms with Crippen molar-refractivity contribution in [2.45, 2.75) is 12.6 Å². The summed E-state index contributed by atoms with van der Waals surface area (Å²) >= 11 is 0. The summed E-state index contributed by atoms with van der Waals surface area (Å²) in [6, 6.07) is 4.98. The maximum absolute atomic E-state index is 11.8. The number of hydrogen-bond acceptors (Lipinski definition) is 5. The number of carbonyl (C=O) groups excluding carboxylic acids is 2. The van der Waals surface area contributed by atoms with Gasteiger partial charge in [-0.05, 0) is 30.2 Å². The molecule has 20 heavy (non-hydrogen) atoms. The monoisotopic (exact) mass is 289 g/mol. The second-order valence-electron chi connectivity index (χ2n) is 4.04. The Morgan fingerprint density at radius 2 is 2.05 bits per heavy atom. The highest BCUT2D eigenvalue weighted by Crippen LogP contribution is 2.26. The molecule has 0 fully saturated rings. The zero-order valence-corrected chi connectivity index (χ0v) is 10.1. The van der Waals surface area contributed by atoms with E-state index < -0.39 is 24.7 Å². The molecule has 1 aromatic carbocycles. The normalized spacial score (nSPS) is 13.3. The molecule has 0 aromatic heterocycles. The maximum Gasteiger partial charge on any atom is 0.491 e. The van der Waals surface area contributed by atoms with Gasteiger partial charge in [0.25, 0.3) is 0 Å². The highest BCUT2D eigenvalue weighted by atomic mass is 19.4. The van der Waals surface area contributed by atoms with E-state index in [0.717, 1.165) is 24.2 Å². The third-order valence-corrected chi connectivity index (χ3v) is 2.58. The summed E-state index contributed by atoms with van der Waals surface area (Å²) in [6.07, 6.45) is -4.40. The highest BCUT2D eigenvalue weighted by molar-refractivity contribution is 5.89. The van der Waals surface area contributed by atoms with Crippen LogP contribution in [0.2, 0.25) is 0 Å². The second kappa shape index (κ2) is 5.40. The Bertz CT molecular complexity index is 542.